The van der Waals surface area contributed by atoms with Gasteiger partial charge in [-0.15, -0.1) is 11.3 Å². The van der Waals surface area contributed by atoms with Gasteiger partial charge in [0, 0.05) is 17.8 Å². The van der Waals surface area contributed by atoms with E-state index in [2.05, 4.69) is 20.3 Å². The Morgan fingerprint density at radius 1 is 1.29 bits per heavy atom. The lowest BCUT2D eigenvalue weighted by atomic mass is 10.2. The van der Waals surface area contributed by atoms with Crippen molar-refractivity contribution in [1.29, 1.82) is 0 Å². The van der Waals surface area contributed by atoms with Crippen LogP contribution in [0.3, 0.4) is 0 Å². The highest BCUT2D eigenvalue weighted by Gasteiger charge is 2.09. The Morgan fingerprint density at radius 3 is 3.00 bits per heavy atom. The van der Waals surface area contributed by atoms with E-state index in [1.54, 1.807) is 17.5 Å². The third-order valence-electron chi connectivity index (χ3n) is 3.65. The first kappa shape index (κ1) is 14.6. The van der Waals surface area contributed by atoms with E-state index in [1.807, 2.05) is 52.5 Å². The monoisotopic (exact) mass is 337 g/mol. The molecule has 2 N–H and O–H groups in total. The van der Waals surface area contributed by atoms with Gasteiger partial charge in [0.15, 0.2) is 4.96 Å². The summed E-state index contributed by atoms with van der Waals surface area (Å²) in [4.78, 5) is 24.9. The van der Waals surface area contributed by atoms with Gasteiger partial charge in [0.25, 0.3) is 0 Å². The number of carbonyl (C=O) groups excluding carboxylic acids is 1. The van der Waals surface area contributed by atoms with Gasteiger partial charge in [0.2, 0.25) is 5.91 Å². The zero-order valence-electron chi connectivity index (χ0n) is 12.8. The number of hydrogen-bond donors (Lipinski definition) is 2. The van der Waals surface area contributed by atoms with E-state index in [0.29, 0.717) is 6.54 Å². The third kappa shape index (κ3) is 3.07. The maximum atomic E-state index is 12.1. The molecule has 0 bridgehead atoms. The average Bonchev–Trinajstić information content (AvgIpc) is 3.29. The van der Waals surface area contributed by atoms with Crippen LogP contribution in [0.15, 0.2) is 54.3 Å². The highest BCUT2D eigenvalue weighted by atomic mass is 32.1. The minimum Gasteiger partial charge on any atom is -0.349 e. The van der Waals surface area contributed by atoms with Gasteiger partial charge in [-0.05, 0) is 5.56 Å². The van der Waals surface area contributed by atoms with Gasteiger partial charge in [-0.1, -0.05) is 30.3 Å². The van der Waals surface area contributed by atoms with Crippen LogP contribution < -0.4 is 5.32 Å². The first-order valence-corrected chi connectivity index (χ1v) is 8.43. The molecule has 0 atom stereocenters. The summed E-state index contributed by atoms with van der Waals surface area (Å²) in [6, 6.07) is 9.96. The van der Waals surface area contributed by atoms with Crippen LogP contribution in [0.2, 0.25) is 0 Å². The van der Waals surface area contributed by atoms with E-state index < -0.39 is 0 Å². The maximum Gasteiger partial charge on any atom is 0.226 e. The Bertz CT molecular complexity index is 941. The molecule has 7 heteroatoms. The second kappa shape index (κ2) is 6.29. The Morgan fingerprint density at radius 2 is 2.17 bits per heavy atom. The van der Waals surface area contributed by atoms with Crippen LogP contribution in [0, 0.1) is 0 Å². The molecule has 0 fully saturated rings. The van der Waals surface area contributed by atoms with Crippen molar-refractivity contribution in [3.05, 3.63) is 65.8 Å². The molecule has 0 unspecified atom stereocenters. The van der Waals surface area contributed by atoms with Crippen LogP contribution in [0.25, 0.3) is 16.2 Å². The summed E-state index contributed by atoms with van der Waals surface area (Å²) in [6.45, 7) is 0.369. The molecule has 6 nitrogen and oxygen atoms in total. The van der Waals surface area contributed by atoms with Crippen molar-refractivity contribution in [3.8, 4) is 11.3 Å². The summed E-state index contributed by atoms with van der Waals surface area (Å²) in [5.41, 5.74) is 2.78. The molecule has 24 heavy (non-hydrogen) atoms. The largest absolute Gasteiger partial charge is 0.349 e. The number of rotatable bonds is 5. The van der Waals surface area contributed by atoms with Crippen molar-refractivity contribution < 1.29 is 4.79 Å². The highest BCUT2D eigenvalue weighted by Crippen LogP contribution is 2.16. The predicted molar refractivity (Wildman–Crippen MR) is 92.6 cm³/mol. The molecular formula is C17H15N5OS. The second-order valence-electron chi connectivity index (χ2n) is 5.39. The van der Waals surface area contributed by atoms with Gasteiger partial charge in [0.05, 0.1) is 30.6 Å². The Balaban J connectivity index is 1.35. The molecule has 3 aromatic heterocycles. The fourth-order valence-electron chi connectivity index (χ4n) is 2.49. The van der Waals surface area contributed by atoms with Crippen LogP contribution in [0.4, 0.5) is 0 Å². The standard InChI is InChI=1S/C17H15N5OS/c23-16(8-13-11-22-6-7-24-17(22)20-13)19-10-15-18-9-14(21-15)12-4-2-1-3-5-12/h1-7,9,11H,8,10H2,(H,18,21)(H,19,23). The van der Waals surface area contributed by atoms with Crippen molar-refractivity contribution in [2.75, 3.05) is 0 Å². The first-order chi connectivity index (χ1) is 11.8. The Kier molecular flexibility index (Phi) is 3.84. The van der Waals surface area contributed by atoms with E-state index >= 15 is 0 Å². The third-order valence-corrected chi connectivity index (χ3v) is 4.42. The number of thiazole rings is 1. The summed E-state index contributed by atoms with van der Waals surface area (Å²) < 4.78 is 1.92. The summed E-state index contributed by atoms with van der Waals surface area (Å²) in [5.74, 6) is 0.659. The fourth-order valence-corrected chi connectivity index (χ4v) is 3.21. The lowest BCUT2D eigenvalue weighted by Gasteiger charge is -2.01. The normalized spacial score (nSPS) is 11.0. The zero-order valence-corrected chi connectivity index (χ0v) is 13.6. The quantitative estimate of drug-likeness (QED) is 0.588. The topological polar surface area (TPSA) is 75.1 Å². The molecule has 120 valence electrons. The molecule has 0 saturated heterocycles. The van der Waals surface area contributed by atoms with Crippen molar-refractivity contribution >= 4 is 22.2 Å². The van der Waals surface area contributed by atoms with Crippen LogP contribution in [-0.2, 0) is 17.8 Å². The van der Waals surface area contributed by atoms with Crippen molar-refractivity contribution in [2.45, 2.75) is 13.0 Å². The minimum atomic E-state index is -0.0709. The number of nitrogens with zero attached hydrogens (tertiary/aromatic N) is 3. The van der Waals surface area contributed by atoms with Gasteiger partial charge in [-0.2, -0.15) is 0 Å². The number of nitrogens with one attached hydrogen (secondary N) is 2. The average molecular weight is 337 g/mol. The number of H-pyrrole nitrogens is 1. The van der Waals surface area contributed by atoms with E-state index in [0.717, 1.165) is 27.7 Å². The second-order valence-corrected chi connectivity index (χ2v) is 6.26. The molecule has 0 aliphatic carbocycles. The molecule has 0 spiro atoms. The molecule has 0 radical (unpaired) electrons. The van der Waals surface area contributed by atoms with Crippen LogP contribution in [-0.4, -0.2) is 25.3 Å². The maximum absolute atomic E-state index is 12.1. The molecule has 1 aromatic carbocycles. The number of amides is 1. The van der Waals surface area contributed by atoms with Gasteiger partial charge in [-0.25, -0.2) is 9.97 Å². The summed E-state index contributed by atoms with van der Waals surface area (Å²) in [7, 11) is 0. The minimum absolute atomic E-state index is 0.0709. The van der Waals surface area contributed by atoms with Crippen LogP contribution in [0.5, 0.6) is 0 Å². The van der Waals surface area contributed by atoms with Gasteiger partial charge in [0.1, 0.15) is 5.82 Å². The van der Waals surface area contributed by atoms with E-state index in [-0.39, 0.29) is 12.3 Å². The van der Waals surface area contributed by atoms with Crippen molar-refractivity contribution in [2.24, 2.45) is 0 Å². The Labute approximate surface area is 142 Å². The SMILES string of the molecule is O=C(Cc1cn2ccsc2n1)NCc1ncc(-c2ccccc2)[nH]1. The van der Waals surface area contributed by atoms with Crippen molar-refractivity contribution in [3.63, 3.8) is 0 Å². The van der Waals surface area contributed by atoms with Gasteiger partial charge in [-0.3, -0.25) is 9.20 Å². The number of aromatic nitrogens is 4. The van der Waals surface area contributed by atoms with E-state index in [4.69, 9.17) is 0 Å². The summed E-state index contributed by atoms with van der Waals surface area (Å²) in [6.07, 6.45) is 5.86. The number of aromatic amines is 1. The molecule has 4 aromatic rings. The zero-order chi connectivity index (χ0) is 16.4. The number of hydrogen-bond acceptors (Lipinski definition) is 4. The van der Waals surface area contributed by atoms with Gasteiger partial charge >= 0.3 is 0 Å². The van der Waals surface area contributed by atoms with Gasteiger partial charge < -0.3 is 10.3 Å². The molecule has 0 aliphatic rings. The lowest BCUT2D eigenvalue weighted by Crippen LogP contribution is -2.25. The first-order valence-electron chi connectivity index (χ1n) is 7.55. The molecule has 1 amide bonds. The number of imidazole rings is 2. The molecular weight excluding hydrogens is 322 g/mol. The lowest BCUT2D eigenvalue weighted by molar-refractivity contribution is -0.120. The molecule has 0 saturated carbocycles. The number of fused-ring (bicyclic) bond motifs is 1. The smallest absolute Gasteiger partial charge is 0.226 e. The van der Waals surface area contributed by atoms with E-state index in [9.17, 15) is 4.79 Å². The summed E-state index contributed by atoms with van der Waals surface area (Å²) in [5, 5.41) is 4.84. The molecule has 0 aliphatic heterocycles. The fraction of sp³-hybridized carbons (Fsp3) is 0.118. The molecule has 4 rings (SSSR count). The van der Waals surface area contributed by atoms with Crippen LogP contribution >= 0.6 is 11.3 Å². The Hall–Kier alpha value is -2.93. The summed E-state index contributed by atoms with van der Waals surface area (Å²) >= 11 is 1.55. The van der Waals surface area contributed by atoms with Crippen LogP contribution in [0.1, 0.15) is 11.5 Å². The molecule has 3 heterocycles. The predicted octanol–water partition coefficient (Wildman–Crippen LogP) is 2.64. The van der Waals surface area contributed by atoms with Crippen molar-refractivity contribution in [1.82, 2.24) is 24.7 Å². The highest BCUT2D eigenvalue weighted by molar-refractivity contribution is 7.15. The number of carbonyl (C=O) groups is 1. The van der Waals surface area contributed by atoms with E-state index in [1.165, 1.54) is 0 Å². The number of benzene rings is 1.